The lowest BCUT2D eigenvalue weighted by molar-refractivity contribution is 1.46. The van der Waals surface area contributed by atoms with Crippen molar-refractivity contribution in [3.8, 4) is 17.2 Å². The Labute approximate surface area is 151 Å². The number of nitrogens with zero attached hydrogens (tertiary/aromatic N) is 2. The van der Waals surface area contributed by atoms with Crippen molar-refractivity contribution < 1.29 is 0 Å². The molecule has 5 rings (SSSR count). The van der Waals surface area contributed by atoms with Gasteiger partial charge in [-0.1, -0.05) is 72.8 Å². The van der Waals surface area contributed by atoms with Gasteiger partial charge in [0.25, 0.3) is 0 Å². The standard InChI is InChI=1S/C24H14N2/c25-15-21-18-11-5-4-10-17(18)14-20-23(16-8-2-1-3-9-16)19-12-6-7-13-22(19)26-24(20)21/h1-14H. The highest BCUT2D eigenvalue weighted by Gasteiger charge is 2.15. The summed E-state index contributed by atoms with van der Waals surface area (Å²) in [5, 5.41) is 14.0. The van der Waals surface area contributed by atoms with Crippen LogP contribution in [-0.4, -0.2) is 4.98 Å². The van der Waals surface area contributed by atoms with Crippen molar-refractivity contribution in [2.75, 3.05) is 0 Å². The Kier molecular flexibility index (Phi) is 3.20. The maximum absolute atomic E-state index is 9.88. The van der Waals surface area contributed by atoms with Crippen molar-refractivity contribution in [1.29, 1.82) is 5.26 Å². The smallest absolute Gasteiger partial charge is 0.102 e. The quantitative estimate of drug-likeness (QED) is 0.349. The number of para-hydroxylation sites is 1. The van der Waals surface area contributed by atoms with E-state index in [0.29, 0.717) is 5.56 Å². The van der Waals surface area contributed by atoms with Crippen LogP contribution in [-0.2, 0) is 0 Å². The third-order valence-electron chi connectivity index (χ3n) is 4.87. The molecular formula is C24H14N2. The van der Waals surface area contributed by atoms with Crippen molar-refractivity contribution in [1.82, 2.24) is 4.98 Å². The molecule has 0 spiro atoms. The third-order valence-corrected chi connectivity index (χ3v) is 4.87. The molecule has 120 valence electrons. The topological polar surface area (TPSA) is 36.7 Å². The molecule has 2 heteroatoms. The lowest BCUT2D eigenvalue weighted by atomic mass is 9.92. The first-order valence-corrected chi connectivity index (χ1v) is 8.56. The van der Waals surface area contributed by atoms with E-state index in [1.165, 1.54) is 0 Å². The van der Waals surface area contributed by atoms with E-state index in [1.807, 2.05) is 54.6 Å². The summed E-state index contributed by atoms with van der Waals surface area (Å²) in [6, 6.07) is 31.0. The average molecular weight is 330 g/mol. The minimum atomic E-state index is 0.640. The molecule has 4 aromatic carbocycles. The number of fused-ring (bicyclic) bond motifs is 3. The molecule has 0 aliphatic carbocycles. The summed E-state index contributed by atoms with van der Waals surface area (Å²) in [4.78, 5) is 4.86. The number of hydrogen-bond donors (Lipinski definition) is 0. The van der Waals surface area contributed by atoms with Crippen LogP contribution in [0.5, 0.6) is 0 Å². The van der Waals surface area contributed by atoms with E-state index in [9.17, 15) is 5.26 Å². The number of pyridine rings is 1. The number of nitriles is 1. The van der Waals surface area contributed by atoms with Gasteiger partial charge in [-0.2, -0.15) is 5.26 Å². The van der Waals surface area contributed by atoms with Crippen LogP contribution in [0.3, 0.4) is 0 Å². The van der Waals surface area contributed by atoms with Gasteiger partial charge in [-0.25, -0.2) is 4.98 Å². The highest BCUT2D eigenvalue weighted by Crippen LogP contribution is 2.38. The number of aromatic nitrogens is 1. The molecule has 0 aliphatic rings. The van der Waals surface area contributed by atoms with E-state index in [2.05, 4.69) is 36.4 Å². The van der Waals surface area contributed by atoms with Gasteiger partial charge in [-0.05, 0) is 23.1 Å². The first-order valence-electron chi connectivity index (χ1n) is 8.56. The summed E-state index contributed by atoms with van der Waals surface area (Å²) >= 11 is 0. The van der Waals surface area contributed by atoms with Gasteiger partial charge >= 0.3 is 0 Å². The fourth-order valence-electron chi connectivity index (χ4n) is 3.72. The van der Waals surface area contributed by atoms with Gasteiger partial charge in [0.05, 0.1) is 16.6 Å². The zero-order valence-electron chi connectivity index (χ0n) is 14.0. The van der Waals surface area contributed by atoms with E-state index in [1.54, 1.807) is 0 Å². The molecule has 26 heavy (non-hydrogen) atoms. The zero-order chi connectivity index (χ0) is 17.5. The van der Waals surface area contributed by atoms with Crippen LogP contribution in [0.1, 0.15) is 5.56 Å². The van der Waals surface area contributed by atoms with Gasteiger partial charge in [-0.15, -0.1) is 0 Å². The minimum absolute atomic E-state index is 0.640. The van der Waals surface area contributed by atoms with Crippen LogP contribution in [0.4, 0.5) is 0 Å². The monoisotopic (exact) mass is 330 g/mol. The van der Waals surface area contributed by atoms with E-state index in [4.69, 9.17) is 4.98 Å². The van der Waals surface area contributed by atoms with Crippen LogP contribution in [0.15, 0.2) is 84.9 Å². The van der Waals surface area contributed by atoms with Gasteiger partial charge in [0.15, 0.2) is 0 Å². The van der Waals surface area contributed by atoms with Crippen LogP contribution >= 0.6 is 0 Å². The van der Waals surface area contributed by atoms with Gasteiger partial charge < -0.3 is 0 Å². The molecule has 0 unspecified atom stereocenters. The molecule has 5 aromatic rings. The largest absolute Gasteiger partial charge is 0.246 e. The molecule has 0 atom stereocenters. The molecule has 2 nitrogen and oxygen atoms in total. The molecule has 1 heterocycles. The van der Waals surface area contributed by atoms with Gasteiger partial charge in [-0.3, -0.25) is 0 Å². The predicted octanol–water partition coefficient (Wildman–Crippen LogP) is 6.08. The molecule has 0 amide bonds. The lowest BCUT2D eigenvalue weighted by Gasteiger charge is -2.13. The van der Waals surface area contributed by atoms with E-state index < -0.39 is 0 Å². The van der Waals surface area contributed by atoms with E-state index >= 15 is 0 Å². The fraction of sp³-hybridized carbons (Fsp3) is 0. The minimum Gasteiger partial charge on any atom is -0.246 e. The molecule has 1 aromatic heterocycles. The van der Waals surface area contributed by atoms with Gasteiger partial charge in [0, 0.05) is 21.7 Å². The highest BCUT2D eigenvalue weighted by molar-refractivity contribution is 6.15. The molecular weight excluding hydrogens is 316 g/mol. The Morgan fingerprint density at radius 3 is 2.19 bits per heavy atom. The summed E-state index contributed by atoms with van der Waals surface area (Å²) in [5.41, 5.74) is 4.58. The number of hydrogen-bond acceptors (Lipinski definition) is 2. The summed E-state index contributed by atoms with van der Waals surface area (Å²) in [6.07, 6.45) is 0. The Hall–Kier alpha value is -3.70. The van der Waals surface area contributed by atoms with E-state index in [0.717, 1.165) is 43.7 Å². The van der Waals surface area contributed by atoms with Crippen molar-refractivity contribution >= 4 is 32.6 Å². The maximum Gasteiger partial charge on any atom is 0.102 e. The average Bonchev–Trinajstić information content (AvgIpc) is 2.71. The fourth-order valence-corrected chi connectivity index (χ4v) is 3.72. The van der Waals surface area contributed by atoms with Crippen molar-refractivity contribution in [2.24, 2.45) is 0 Å². The molecule has 0 aliphatic heterocycles. The Bertz CT molecular complexity index is 1330. The third kappa shape index (κ3) is 2.08. The maximum atomic E-state index is 9.88. The summed E-state index contributed by atoms with van der Waals surface area (Å²) < 4.78 is 0. The Morgan fingerprint density at radius 2 is 1.38 bits per heavy atom. The van der Waals surface area contributed by atoms with Crippen molar-refractivity contribution in [3.05, 3.63) is 90.5 Å². The highest BCUT2D eigenvalue weighted by atomic mass is 14.7. The molecule has 0 saturated heterocycles. The molecule has 0 N–H and O–H groups in total. The van der Waals surface area contributed by atoms with Crippen LogP contribution < -0.4 is 0 Å². The first-order chi connectivity index (χ1) is 12.9. The SMILES string of the molecule is N#Cc1c2ccccc2cc2c(-c3ccccc3)c3ccccc3nc12. The Morgan fingerprint density at radius 1 is 0.692 bits per heavy atom. The second-order valence-corrected chi connectivity index (χ2v) is 6.35. The van der Waals surface area contributed by atoms with Crippen LogP contribution in [0, 0.1) is 11.3 Å². The van der Waals surface area contributed by atoms with Crippen molar-refractivity contribution in [2.45, 2.75) is 0 Å². The number of rotatable bonds is 1. The van der Waals surface area contributed by atoms with Crippen LogP contribution in [0.25, 0.3) is 43.7 Å². The molecule has 0 bridgehead atoms. The zero-order valence-corrected chi connectivity index (χ0v) is 14.0. The van der Waals surface area contributed by atoms with E-state index in [-0.39, 0.29) is 0 Å². The van der Waals surface area contributed by atoms with Crippen molar-refractivity contribution in [3.63, 3.8) is 0 Å². The predicted molar refractivity (Wildman–Crippen MR) is 107 cm³/mol. The van der Waals surface area contributed by atoms with Crippen LogP contribution in [0.2, 0.25) is 0 Å². The van der Waals surface area contributed by atoms with Gasteiger partial charge in [0.2, 0.25) is 0 Å². The lowest BCUT2D eigenvalue weighted by Crippen LogP contribution is -1.93. The summed E-state index contributed by atoms with van der Waals surface area (Å²) in [5.74, 6) is 0. The molecule has 0 saturated carbocycles. The number of benzene rings is 4. The summed E-state index contributed by atoms with van der Waals surface area (Å²) in [7, 11) is 0. The normalized spacial score (nSPS) is 11.0. The first kappa shape index (κ1) is 14.6. The summed E-state index contributed by atoms with van der Waals surface area (Å²) in [6.45, 7) is 0. The second kappa shape index (κ2) is 5.68. The molecule has 0 fully saturated rings. The second-order valence-electron chi connectivity index (χ2n) is 6.35. The van der Waals surface area contributed by atoms with Gasteiger partial charge in [0.1, 0.15) is 6.07 Å². The Balaban J connectivity index is 2.09. The molecule has 0 radical (unpaired) electrons.